The Balaban J connectivity index is 1.38. The first-order valence-electron chi connectivity index (χ1n) is 8.86. The summed E-state index contributed by atoms with van der Waals surface area (Å²) in [5, 5.41) is 1.91. The lowest BCUT2D eigenvalue weighted by atomic mass is 9.99. The van der Waals surface area contributed by atoms with Crippen molar-refractivity contribution in [1.82, 2.24) is 14.9 Å². The maximum absolute atomic E-state index is 6.02. The molecule has 0 bridgehead atoms. The van der Waals surface area contributed by atoms with Gasteiger partial charge in [0.2, 0.25) is 0 Å². The number of halogens is 1. The zero-order valence-electron chi connectivity index (χ0n) is 14.5. The second kappa shape index (κ2) is 7.06. The number of nitrogens with one attached hydrogen (secondary N) is 1. The van der Waals surface area contributed by atoms with E-state index in [0.717, 1.165) is 38.5 Å². The molecule has 3 heterocycles. The number of hydrogen-bond acceptors (Lipinski definition) is 3. The Bertz CT molecular complexity index is 852. The summed E-state index contributed by atoms with van der Waals surface area (Å²) < 4.78 is 0. The van der Waals surface area contributed by atoms with Gasteiger partial charge in [-0.25, -0.2) is 4.98 Å². The summed E-state index contributed by atoms with van der Waals surface area (Å²) >= 11 is 6.02. The van der Waals surface area contributed by atoms with Crippen LogP contribution in [0.2, 0.25) is 5.15 Å². The largest absolute Gasteiger partial charge is 0.361 e. The summed E-state index contributed by atoms with van der Waals surface area (Å²) in [6.45, 7) is 7.50. The SMILES string of the molecule is CC(CN1CCN(c2cccc(Cl)n2)CC1)c1c[nH]c2ccccc12. The minimum atomic E-state index is 0.506. The highest BCUT2D eigenvalue weighted by Gasteiger charge is 2.21. The van der Waals surface area contributed by atoms with Crippen molar-refractivity contribution >= 4 is 28.3 Å². The number of nitrogens with zero attached hydrogens (tertiary/aromatic N) is 3. The molecule has 2 aromatic heterocycles. The molecule has 3 aromatic rings. The van der Waals surface area contributed by atoms with E-state index in [4.69, 9.17) is 11.6 Å². The van der Waals surface area contributed by atoms with Gasteiger partial charge in [0.1, 0.15) is 11.0 Å². The van der Waals surface area contributed by atoms with Crippen LogP contribution in [0.15, 0.2) is 48.7 Å². The predicted molar refractivity (Wildman–Crippen MR) is 105 cm³/mol. The summed E-state index contributed by atoms with van der Waals surface area (Å²) in [5.41, 5.74) is 2.63. The van der Waals surface area contributed by atoms with Crippen LogP contribution in [-0.2, 0) is 0 Å². The van der Waals surface area contributed by atoms with Crippen molar-refractivity contribution in [2.75, 3.05) is 37.6 Å². The number of H-pyrrole nitrogens is 1. The van der Waals surface area contributed by atoms with Crippen LogP contribution in [0, 0.1) is 0 Å². The van der Waals surface area contributed by atoms with E-state index in [1.807, 2.05) is 18.2 Å². The van der Waals surface area contributed by atoms with Crippen LogP contribution in [0.4, 0.5) is 5.82 Å². The third-order valence-corrected chi connectivity index (χ3v) is 5.29. The fourth-order valence-electron chi connectivity index (χ4n) is 3.72. The monoisotopic (exact) mass is 354 g/mol. The summed E-state index contributed by atoms with van der Waals surface area (Å²) in [7, 11) is 0. The van der Waals surface area contributed by atoms with Gasteiger partial charge in [-0.3, -0.25) is 4.90 Å². The van der Waals surface area contributed by atoms with E-state index in [1.165, 1.54) is 16.5 Å². The highest BCUT2D eigenvalue weighted by Crippen LogP contribution is 2.26. The molecule has 1 unspecified atom stereocenters. The predicted octanol–water partition coefficient (Wildman–Crippen LogP) is 4.14. The first-order valence-corrected chi connectivity index (χ1v) is 9.24. The molecular weight excluding hydrogens is 332 g/mol. The standard InChI is InChI=1S/C20H23ClN4/c1-15(17-13-22-18-6-3-2-5-16(17)18)14-24-9-11-25(12-10-24)20-8-4-7-19(21)23-20/h2-8,13,15,22H,9-12,14H2,1H3. The number of hydrogen-bond donors (Lipinski definition) is 1. The van der Waals surface area contributed by atoms with Crippen molar-refractivity contribution in [3.63, 3.8) is 0 Å². The first kappa shape index (κ1) is 16.4. The second-order valence-corrected chi connectivity index (χ2v) is 7.18. The Morgan fingerprint density at radius 3 is 2.68 bits per heavy atom. The van der Waals surface area contributed by atoms with Gasteiger partial charge in [0.25, 0.3) is 0 Å². The normalized spacial score (nSPS) is 17.1. The third kappa shape index (κ3) is 3.51. The Morgan fingerprint density at radius 2 is 1.88 bits per heavy atom. The zero-order valence-corrected chi connectivity index (χ0v) is 15.2. The lowest BCUT2D eigenvalue weighted by Gasteiger charge is -2.36. The van der Waals surface area contributed by atoms with E-state index in [9.17, 15) is 0 Å². The van der Waals surface area contributed by atoms with Gasteiger partial charge in [0.15, 0.2) is 0 Å². The van der Waals surface area contributed by atoms with E-state index >= 15 is 0 Å². The van der Waals surface area contributed by atoms with Crippen molar-refractivity contribution in [3.05, 3.63) is 59.4 Å². The molecule has 0 aliphatic carbocycles. The maximum atomic E-state index is 6.02. The highest BCUT2D eigenvalue weighted by molar-refractivity contribution is 6.29. The molecule has 4 nitrogen and oxygen atoms in total. The molecule has 1 aliphatic heterocycles. The second-order valence-electron chi connectivity index (χ2n) is 6.80. The van der Waals surface area contributed by atoms with Crippen LogP contribution in [0.1, 0.15) is 18.4 Å². The molecule has 1 aromatic carbocycles. The van der Waals surface area contributed by atoms with Crippen molar-refractivity contribution < 1.29 is 0 Å². The lowest BCUT2D eigenvalue weighted by molar-refractivity contribution is 0.246. The number of aromatic nitrogens is 2. The van der Waals surface area contributed by atoms with Gasteiger partial charge in [-0.2, -0.15) is 0 Å². The number of anilines is 1. The highest BCUT2D eigenvalue weighted by atomic mass is 35.5. The van der Waals surface area contributed by atoms with Crippen molar-refractivity contribution in [1.29, 1.82) is 0 Å². The van der Waals surface area contributed by atoms with Gasteiger partial charge >= 0.3 is 0 Å². The van der Waals surface area contributed by atoms with Gasteiger partial charge in [0, 0.05) is 49.8 Å². The molecule has 1 aliphatic rings. The average Bonchev–Trinajstić information content (AvgIpc) is 3.06. The molecule has 1 fully saturated rings. The number of aromatic amines is 1. The zero-order chi connectivity index (χ0) is 17.2. The number of para-hydroxylation sites is 1. The topological polar surface area (TPSA) is 35.2 Å². The van der Waals surface area contributed by atoms with Gasteiger partial charge in [-0.1, -0.05) is 42.8 Å². The molecule has 1 N–H and O–H groups in total. The number of rotatable bonds is 4. The Morgan fingerprint density at radius 1 is 1.08 bits per heavy atom. The fraction of sp³-hybridized carbons (Fsp3) is 0.350. The lowest BCUT2D eigenvalue weighted by Crippen LogP contribution is -2.47. The number of piperazine rings is 1. The molecule has 0 spiro atoms. The molecule has 25 heavy (non-hydrogen) atoms. The van der Waals surface area contributed by atoms with E-state index in [0.29, 0.717) is 11.1 Å². The summed E-state index contributed by atoms with van der Waals surface area (Å²) in [4.78, 5) is 12.7. The van der Waals surface area contributed by atoms with Gasteiger partial charge < -0.3 is 9.88 Å². The fourth-order valence-corrected chi connectivity index (χ4v) is 3.88. The Hall–Kier alpha value is -2.04. The number of benzene rings is 1. The Labute approximate surface area is 153 Å². The van der Waals surface area contributed by atoms with Crippen molar-refractivity contribution in [2.45, 2.75) is 12.8 Å². The van der Waals surface area contributed by atoms with E-state index in [1.54, 1.807) is 0 Å². The summed E-state index contributed by atoms with van der Waals surface area (Å²) in [5.74, 6) is 1.49. The molecular formula is C20H23ClN4. The first-order chi connectivity index (χ1) is 12.2. The van der Waals surface area contributed by atoms with Crippen molar-refractivity contribution in [2.24, 2.45) is 0 Å². The van der Waals surface area contributed by atoms with E-state index < -0.39 is 0 Å². The van der Waals surface area contributed by atoms with Crippen LogP contribution in [0.3, 0.4) is 0 Å². The van der Waals surface area contributed by atoms with Crippen LogP contribution in [0.25, 0.3) is 10.9 Å². The van der Waals surface area contributed by atoms with Crippen LogP contribution in [-0.4, -0.2) is 47.6 Å². The van der Waals surface area contributed by atoms with Gasteiger partial charge in [0.05, 0.1) is 0 Å². The van der Waals surface area contributed by atoms with Gasteiger partial charge in [-0.05, 0) is 29.7 Å². The average molecular weight is 355 g/mol. The molecule has 0 amide bonds. The minimum Gasteiger partial charge on any atom is -0.361 e. The van der Waals surface area contributed by atoms with Crippen LogP contribution < -0.4 is 4.90 Å². The van der Waals surface area contributed by atoms with E-state index in [-0.39, 0.29) is 0 Å². The third-order valence-electron chi connectivity index (χ3n) is 5.08. The Kier molecular flexibility index (Phi) is 4.64. The van der Waals surface area contributed by atoms with Gasteiger partial charge in [-0.15, -0.1) is 0 Å². The molecule has 1 saturated heterocycles. The number of pyridine rings is 1. The van der Waals surface area contributed by atoms with Crippen LogP contribution in [0.5, 0.6) is 0 Å². The van der Waals surface area contributed by atoms with Crippen molar-refractivity contribution in [3.8, 4) is 0 Å². The molecule has 0 saturated carbocycles. The molecule has 130 valence electrons. The van der Waals surface area contributed by atoms with Crippen LogP contribution >= 0.6 is 11.6 Å². The maximum Gasteiger partial charge on any atom is 0.131 e. The molecule has 0 radical (unpaired) electrons. The number of fused-ring (bicyclic) bond motifs is 1. The molecule has 5 heteroatoms. The molecule has 4 rings (SSSR count). The van der Waals surface area contributed by atoms with E-state index in [2.05, 4.69) is 57.2 Å². The quantitative estimate of drug-likeness (QED) is 0.715. The minimum absolute atomic E-state index is 0.506. The summed E-state index contributed by atoms with van der Waals surface area (Å²) in [6, 6.07) is 14.4. The summed E-state index contributed by atoms with van der Waals surface area (Å²) in [6.07, 6.45) is 2.17. The smallest absolute Gasteiger partial charge is 0.131 e. The molecule has 1 atom stereocenters.